The minimum Gasteiger partial charge on any atom is -0.443 e. The average molecular weight is 482 g/mol. The molecule has 2 aromatic carbocycles. The van der Waals surface area contributed by atoms with Crippen LogP contribution in [-0.4, -0.2) is 22.0 Å². The summed E-state index contributed by atoms with van der Waals surface area (Å²) in [6.07, 6.45) is 0. The van der Waals surface area contributed by atoms with E-state index in [1.54, 1.807) is 24.3 Å². The van der Waals surface area contributed by atoms with Crippen molar-refractivity contribution in [3.63, 3.8) is 0 Å². The van der Waals surface area contributed by atoms with E-state index in [-0.39, 0.29) is 37.8 Å². The van der Waals surface area contributed by atoms with Crippen molar-refractivity contribution in [1.82, 2.24) is 5.16 Å². The van der Waals surface area contributed by atoms with Gasteiger partial charge in [-0.2, -0.15) is 8.42 Å². The third-order valence-electron chi connectivity index (χ3n) is 4.37. The third kappa shape index (κ3) is 4.11. The zero-order chi connectivity index (χ0) is 22.4. The number of sulfonamides is 2. The summed E-state index contributed by atoms with van der Waals surface area (Å²) < 4.78 is 66.5. The molecule has 0 aliphatic rings. The summed E-state index contributed by atoms with van der Waals surface area (Å²) in [7, 11) is -8.30. The molecule has 31 heavy (non-hydrogen) atoms. The van der Waals surface area contributed by atoms with Crippen molar-refractivity contribution in [2.75, 3.05) is 9.44 Å². The molecule has 0 radical (unpaired) electrons. The first kappa shape index (κ1) is 21.2. The molecule has 0 spiro atoms. The Kier molecular flexibility index (Phi) is 5.20. The van der Waals surface area contributed by atoms with E-state index in [0.717, 1.165) is 0 Å². The normalized spacial score (nSPS) is 12.2. The fourth-order valence-corrected chi connectivity index (χ4v) is 5.65. The van der Waals surface area contributed by atoms with Gasteiger partial charge in [0.05, 0.1) is 11.4 Å². The number of benzene rings is 2. The van der Waals surface area contributed by atoms with Gasteiger partial charge in [0.1, 0.15) is 11.3 Å². The number of nitrogens with zero attached hydrogens (tertiary/aromatic N) is 1. The molecule has 0 aliphatic carbocycles. The summed E-state index contributed by atoms with van der Waals surface area (Å²) in [4.78, 5) is -0.131. The van der Waals surface area contributed by atoms with Gasteiger partial charge in [-0.05, 0) is 38.1 Å². The second kappa shape index (κ2) is 7.59. The lowest BCUT2D eigenvalue weighted by atomic mass is 10.3. The number of furan rings is 1. The predicted molar refractivity (Wildman–Crippen MR) is 115 cm³/mol. The van der Waals surface area contributed by atoms with Gasteiger partial charge in [-0.1, -0.05) is 35.0 Å². The second-order valence-electron chi connectivity index (χ2n) is 6.66. The van der Waals surface area contributed by atoms with Gasteiger partial charge in [0.2, 0.25) is 5.09 Å². The smallest absolute Gasteiger partial charge is 0.295 e. The molecule has 162 valence electrons. The van der Waals surface area contributed by atoms with Crippen LogP contribution in [0.3, 0.4) is 0 Å². The average Bonchev–Trinajstić information content (AvgIpc) is 3.27. The summed E-state index contributed by atoms with van der Waals surface area (Å²) in [5.74, 6) is 0.100. The van der Waals surface area contributed by atoms with Gasteiger partial charge in [0.25, 0.3) is 20.0 Å². The monoisotopic (exact) mass is 481 g/mol. The standard InChI is InChI=1S/C19H16ClN3O6S2/c1-11-19(12(2)29-21-11)31(26,27)22-15-8-7-14(20)10-16(15)23-30(24,25)18-9-13-5-3-4-6-17(13)28-18/h3-10,22-23H,1-2H3. The molecule has 2 heterocycles. The van der Waals surface area contributed by atoms with Crippen molar-refractivity contribution in [3.05, 3.63) is 65.0 Å². The Morgan fingerprint density at radius 2 is 1.61 bits per heavy atom. The van der Waals surface area contributed by atoms with Gasteiger partial charge in [-0.15, -0.1) is 0 Å². The molecule has 4 aromatic rings. The molecule has 0 amide bonds. The fraction of sp³-hybridized carbons (Fsp3) is 0.105. The molecule has 12 heteroatoms. The van der Waals surface area contributed by atoms with E-state index < -0.39 is 20.0 Å². The summed E-state index contributed by atoms with van der Waals surface area (Å²) >= 11 is 6.02. The Morgan fingerprint density at radius 1 is 0.903 bits per heavy atom. The van der Waals surface area contributed by atoms with E-state index in [4.69, 9.17) is 20.5 Å². The number of para-hydroxylation sites is 1. The first-order valence-corrected chi connectivity index (χ1v) is 12.2. The zero-order valence-electron chi connectivity index (χ0n) is 16.2. The van der Waals surface area contributed by atoms with Crippen LogP contribution in [0.25, 0.3) is 11.0 Å². The molecule has 2 N–H and O–H groups in total. The fourth-order valence-electron chi connectivity index (χ4n) is 3.03. The van der Waals surface area contributed by atoms with Crippen LogP contribution in [0.15, 0.2) is 67.5 Å². The lowest BCUT2D eigenvalue weighted by Crippen LogP contribution is -2.18. The Hall–Kier alpha value is -3.02. The van der Waals surface area contributed by atoms with Crippen LogP contribution in [-0.2, 0) is 20.0 Å². The molecule has 0 atom stereocenters. The van der Waals surface area contributed by atoms with E-state index in [1.807, 2.05) is 0 Å². The quantitative estimate of drug-likeness (QED) is 0.419. The summed E-state index contributed by atoms with van der Waals surface area (Å²) in [6, 6.07) is 12.2. The van der Waals surface area contributed by atoms with Crippen molar-refractivity contribution >= 4 is 54.0 Å². The van der Waals surface area contributed by atoms with Gasteiger partial charge in [0.15, 0.2) is 10.7 Å². The van der Waals surface area contributed by atoms with Crippen molar-refractivity contribution < 1.29 is 25.8 Å². The first-order valence-electron chi connectivity index (χ1n) is 8.83. The van der Waals surface area contributed by atoms with Gasteiger partial charge < -0.3 is 8.94 Å². The minimum atomic E-state index is -4.18. The molecule has 0 saturated heterocycles. The molecule has 9 nitrogen and oxygen atoms in total. The van der Waals surface area contributed by atoms with E-state index in [2.05, 4.69) is 14.6 Å². The van der Waals surface area contributed by atoms with Gasteiger partial charge in [0, 0.05) is 16.5 Å². The molecule has 0 unspecified atom stereocenters. The highest BCUT2D eigenvalue weighted by molar-refractivity contribution is 7.93. The van der Waals surface area contributed by atoms with Crippen LogP contribution in [0.2, 0.25) is 5.02 Å². The number of aromatic nitrogens is 1. The lowest BCUT2D eigenvalue weighted by Gasteiger charge is -2.14. The molecule has 0 aliphatic heterocycles. The van der Waals surface area contributed by atoms with Crippen LogP contribution < -0.4 is 9.44 Å². The minimum absolute atomic E-state index is 0.0379. The number of hydrogen-bond acceptors (Lipinski definition) is 7. The van der Waals surface area contributed by atoms with Crippen LogP contribution in [0.1, 0.15) is 11.5 Å². The van der Waals surface area contributed by atoms with E-state index in [0.29, 0.717) is 11.0 Å². The van der Waals surface area contributed by atoms with Crippen molar-refractivity contribution in [2.45, 2.75) is 23.8 Å². The zero-order valence-corrected chi connectivity index (χ0v) is 18.6. The molecule has 2 aromatic heterocycles. The highest BCUT2D eigenvalue weighted by Crippen LogP contribution is 2.32. The SMILES string of the molecule is Cc1noc(C)c1S(=O)(=O)Nc1ccc(Cl)cc1NS(=O)(=O)c1cc2ccccc2o1. The number of halogens is 1. The van der Waals surface area contributed by atoms with Crippen molar-refractivity contribution in [2.24, 2.45) is 0 Å². The molecule has 0 fully saturated rings. The number of fused-ring (bicyclic) bond motifs is 1. The molecule has 0 saturated carbocycles. The third-order valence-corrected chi connectivity index (χ3v) is 7.44. The summed E-state index contributed by atoms with van der Waals surface area (Å²) in [6.45, 7) is 2.94. The maximum atomic E-state index is 12.9. The lowest BCUT2D eigenvalue weighted by molar-refractivity contribution is 0.390. The highest BCUT2D eigenvalue weighted by atomic mass is 35.5. The molecule has 4 rings (SSSR count). The van der Waals surface area contributed by atoms with Crippen LogP contribution in [0.5, 0.6) is 0 Å². The predicted octanol–water partition coefficient (Wildman–Crippen LogP) is 4.29. The summed E-state index contributed by atoms with van der Waals surface area (Å²) in [5.41, 5.74) is 0.448. The van der Waals surface area contributed by atoms with Crippen LogP contribution in [0.4, 0.5) is 11.4 Å². The Bertz CT molecular complexity index is 1450. The number of rotatable bonds is 6. The van der Waals surface area contributed by atoms with Gasteiger partial charge >= 0.3 is 0 Å². The van der Waals surface area contributed by atoms with Crippen LogP contribution in [0, 0.1) is 13.8 Å². The first-order chi connectivity index (χ1) is 14.6. The summed E-state index contributed by atoms with van der Waals surface area (Å²) in [5, 5.41) is 4.12. The van der Waals surface area contributed by atoms with E-state index in [9.17, 15) is 16.8 Å². The Morgan fingerprint density at radius 3 is 2.29 bits per heavy atom. The van der Waals surface area contributed by atoms with Crippen LogP contribution >= 0.6 is 11.6 Å². The van der Waals surface area contributed by atoms with E-state index >= 15 is 0 Å². The second-order valence-corrected chi connectivity index (χ2v) is 10.3. The molecular weight excluding hydrogens is 466 g/mol. The van der Waals surface area contributed by atoms with Crippen molar-refractivity contribution in [1.29, 1.82) is 0 Å². The number of nitrogens with one attached hydrogen (secondary N) is 2. The Balaban J connectivity index is 1.72. The maximum Gasteiger partial charge on any atom is 0.295 e. The number of hydrogen-bond donors (Lipinski definition) is 2. The Labute approximate surface area is 183 Å². The van der Waals surface area contributed by atoms with Gasteiger partial charge in [-0.25, -0.2) is 8.42 Å². The topological polar surface area (TPSA) is 132 Å². The maximum absolute atomic E-state index is 12.9. The highest BCUT2D eigenvalue weighted by Gasteiger charge is 2.27. The van der Waals surface area contributed by atoms with Crippen molar-refractivity contribution in [3.8, 4) is 0 Å². The number of anilines is 2. The molecular formula is C19H16ClN3O6S2. The van der Waals surface area contributed by atoms with Gasteiger partial charge in [-0.3, -0.25) is 9.44 Å². The largest absolute Gasteiger partial charge is 0.443 e. The molecule has 0 bridgehead atoms. The number of aryl methyl sites for hydroxylation is 2. The van der Waals surface area contributed by atoms with E-state index in [1.165, 1.54) is 38.1 Å².